The number of amides is 2. The maximum atomic E-state index is 14.0. The molecule has 2 amide bonds. The van der Waals surface area contributed by atoms with Crippen molar-refractivity contribution in [1.29, 1.82) is 0 Å². The average molecular weight is 594 g/mol. The van der Waals surface area contributed by atoms with Crippen LogP contribution in [0.3, 0.4) is 0 Å². The number of sulfonamides is 1. The molecule has 0 heterocycles. The zero-order chi connectivity index (χ0) is 30.9. The molecule has 0 aliphatic rings. The number of methoxy groups -OCH3 is 1. The smallest absolute Gasteiger partial charge is 0.243 e. The molecule has 9 heteroatoms. The van der Waals surface area contributed by atoms with Gasteiger partial charge in [0.1, 0.15) is 11.8 Å². The van der Waals surface area contributed by atoms with Crippen LogP contribution < -0.4 is 14.4 Å². The number of benzene rings is 3. The molecule has 0 fully saturated rings. The van der Waals surface area contributed by atoms with Crippen molar-refractivity contribution < 1.29 is 22.7 Å². The number of carbonyl (C=O) groups excluding carboxylic acids is 2. The summed E-state index contributed by atoms with van der Waals surface area (Å²) < 4.78 is 32.0. The Balaban J connectivity index is 1.91. The van der Waals surface area contributed by atoms with Gasteiger partial charge in [-0.05, 0) is 69.5 Å². The second kappa shape index (κ2) is 14.4. The molecule has 1 N–H and O–H groups in total. The maximum absolute atomic E-state index is 14.0. The molecule has 0 saturated heterocycles. The van der Waals surface area contributed by atoms with Crippen LogP contribution in [0.1, 0.15) is 50.3 Å². The second-order valence-electron chi connectivity index (χ2n) is 11.6. The molecule has 0 spiro atoms. The fourth-order valence-electron chi connectivity index (χ4n) is 4.69. The Bertz CT molecular complexity index is 1430. The highest BCUT2D eigenvalue weighted by molar-refractivity contribution is 7.92. The van der Waals surface area contributed by atoms with Crippen LogP contribution in [0.5, 0.6) is 5.75 Å². The molecule has 8 nitrogen and oxygen atoms in total. The number of nitrogens with zero attached hydrogens (tertiary/aromatic N) is 2. The van der Waals surface area contributed by atoms with E-state index in [4.69, 9.17) is 4.74 Å². The number of anilines is 1. The number of carbonyl (C=O) groups is 2. The average Bonchev–Trinajstić information content (AvgIpc) is 2.92. The fourth-order valence-corrected chi connectivity index (χ4v) is 5.65. The van der Waals surface area contributed by atoms with E-state index in [1.54, 1.807) is 24.1 Å². The Labute approximate surface area is 250 Å². The van der Waals surface area contributed by atoms with Crippen LogP contribution in [-0.4, -0.2) is 56.6 Å². The van der Waals surface area contributed by atoms with E-state index in [-0.39, 0.29) is 37.7 Å². The number of ether oxygens (including phenoxy) is 1. The molecule has 0 saturated carbocycles. The molecular weight excluding hydrogens is 550 g/mol. The van der Waals surface area contributed by atoms with E-state index in [9.17, 15) is 18.0 Å². The Morgan fingerprint density at radius 2 is 1.57 bits per heavy atom. The Kier molecular flexibility index (Phi) is 11.2. The molecule has 0 aromatic heterocycles. The highest BCUT2D eigenvalue weighted by atomic mass is 32.2. The summed E-state index contributed by atoms with van der Waals surface area (Å²) in [5, 5.41) is 3.06. The third kappa shape index (κ3) is 9.91. The summed E-state index contributed by atoms with van der Waals surface area (Å²) in [6.07, 6.45) is 1.84. The molecular formula is C33H43N3O5S. The zero-order valence-corrected chi connectivity index (χ0v) is 26.3. The van der Waals surface area contributed by atoms with Gasteiger partial charge in [-0.2, -0.15) is 0 Å². The minimum absolute atomic E-state index is 0.0654. The Morgan fingerprint density at radius 1 is 0.929 bits per heavy atom. The van der Waals surface area contributed by atoms with E-state index < -0.39 is 21.6 Å². The summed E-state index contributed by atoms with van der Waals surface area (Å²) in [7, 11) is -1.98. The first-order valence-corrected chi connectivity index (χ1v) is 15.9. The Morgan fingerprint density at radius 3 is 2.17 bits per heavy atom. The lowest BCUT2D eigenvalue weighted by Gasteiger charge is -2.34. The van der Waals surface area contributed by atoms with E-state index in [2.05, 4.69) is 5.32 Å². The first kappa shape index (κ1) is 32.7. The van der Waals surface area contributed by atoms with Gasteiger partial charge in [0.2, 0.25) is 21.8 Å². The van der Waals surface area contributed by atoms with Gasteiger partial charge in [-0.25, -0.2) is 8.42 Å². The van der Waals surface area contributed by atoms with Crippen molar-refractivity contribution >= 4 is 27.5 Å². The molecule has 3 rings (SSSR count). The monoisotopic (exact) mass is 593 g/mol. The highest BCUT2D eigenvalue weighted by Crippen LogP contribution is 2.22. The van der Waals surface area contributed by atoms with Crippen molar-refractivity contribution in [1.82, 2.24) is 10.2 Å². The fraction of sp³-hybridized carbons (Fsp3) is 0.394. The maximum Gasteiger partial charge on any atom is 0.243 e. The van der Waals surface area contributed by atoms with Gasteiger partial charge in [-0.15, -0.1) is 0 Å². The summed E-state index contributed by atoms with van der Waals surface area (Å²) >= 11 is 0. The molecule has 42 heavy (non-hydrogen) atoms. The van der Waals surface area contributed by atoms with Gasteiger partial charge in [0.05, 0.1) is 19.1 Å². The summed E-state index contributed by atoms with van der Waals surface area (Å²) in [6.45, 7) is 7.99. The van der Waals surface area contributed by atoms with E-state index in [1.165, 1.54) is 4.31 Å². The first-order chi connectivity index (χ1) is 19.8. The van der Waals surface area contributed by atoms with Crippen molar-refractivity contribution in [3.8, 4) is 5.75 Å². The first-order valence-electron chi connectivity index (χ1n) is 14.1. The van der Waals surface area contributed by atoms with E-state index >= 15 is 0 Å². The highest BCUT2D eigenvalue weighted by Gasteiger charge is 2.32. The molecule has 1 unspecified atom stereocenters. The summed E-state index contributed by atoms with van der Waals surface area (Å²) in [5.74, 6) is 0.167. The van der Waals surface area contributed by atoms with E-state index in [0.717, 1.165) is 22.9 Å². The quantitative estimate of drug-likeness (QED) is 0.297. The van der Waals surface area contributed by atoms with Gasteiger partial charge in [0.25, 0.3) is 0 Å². The van der Waals surface area contributed by atoms with Crippen LogP contribution >= 0.6 is 0 Å². The number of aryl methyl sites for hydroxylation is 1. The lowest BCUT2D eigenvalue weighted by molar-refractivity contribution is -0.142. The molecule has 0 bridgehead atoms. The van der Waals surface area contributed by atoms with Crippen LogP contribution in [0.4, 0.5) is 5.69 Å². The third-order valence-corrected chi connectivity index (χ3v) is 7.92. The van der Waals surface area contributed by atoms with Gasteiger partial charge in [0.15, 0.2) is 0 Å². The second-order valence-corrected chi connectivity index (χ2v) is 13.5. The number of nitrogens with one attached hydrogen (secondary N) is 1. The molecule has 1 atom stereocenters. The van der Waals surface area contributed by atoms with E-state index in [0.29, 0.717) is 17.9 Å². The minimum atomic E-state index is -3.57. The van der Waals surface area contributed by atoms with Crippen LogP contribution in [0.15, 0.2) is 78.9 Å². The van der Waals surface area contributed by atoms with Crippen molar-refractivity contribution in [2.45, 2.75) is 65.1 Å². The molecule has 0 aliphatic carbocycles. The Hall–Kier alpha value is -3.85. The standard InChI is InChI=1S/C33H43N3O5S/c1-25-17-19-28(20-18-25)36(42(6,39)40)21-11-16-31(37)35(24-27-14-10-15-29(22-27)41-5)30(32(38)34-33(2,3)4)23-26-12-8-7-9-13-26/h7-10,12-15,17-20,22,30H,11,16,21,23-24H2,1-6H3,(H,34,38). The minimum Gasteiger partial charge on any atom is -0.497 e. The molecule has 0 aliphatic heterocycles. The van der Waals surface area contributed by atoms with Gasteiger partial charge in [0, 0.05) is 31.5 Å². The number of rotatable bonds is 13. The van der Waals surface area contributed by atoms with Crippen molar-refractivity contribution in [3.63, 3.8) is 0 Å². The number of hydrogen-bond donors (Lipinski definition) is 1. The van der Waals surface area contributed by atoms with Crippen LogP contribution in [-0.2, 0) is 32.6 Å². The number of hydrogen-bond acceptors (Lipinski definition) is 5. The summed E-state index contributed by atoms with van der Waals surface area (Å²) in [5.41, 5.74) is 2.82. The lowest BCUT2D eigenvalue weighted by atomic mass is 10.00. The predicted molar refractivity (Wildman–Crippen MR) is 168 cm³/mol. The van der Waals surface area contributed by atoms with Crippen LogP contribution in [0.25, 0.3) is 0 Å². The van der Waals surface area contributed by atoms with Crippen molar-refractivity contribution in [2.24, 2.45) is 0 Å². The zero-order valence-electron chi connectivity index (χ0n) is 25.5. The van der Waals surface area contributed by atoms with Crippen LogP contribution in [0.2, 0.25) is 0 Å². The largest absolute Gasteiger partial charge is 0.497 e. The molecule has 3 aromatic rings. The lowest BCUT2D eigenvalue weighted by Crippen LogP contribution is -2.54. The summed E-state index contributed by atoms with van der Waals surface area (Å²) in [4.78, 5) is 29.3. The topological polar surface area (TPSA) is 96.0 Å². The molecule has 226 valence electrons. The third-order valence-electron chi connectivity index (χ3n) is 6.73. The van der Waals surface area contributed by atoms with Crippen molar-refractivity contribution in [3.05, 3.63) is 95.6 Å². The van der Waals surface area contributed by atoms with Gasteiger partial charge < -0.3 is 15.0 Å². The normalized spacial score (nSPS) is 12.3. The van der Waals surface area contributed by atoms with Crippen molar-refractivity contribution in [2.75, 3.05) is 24.2 Å². The SMILES string of the molecule is COc1cccc(CN(C(=O)CCCN(c2ccc(C)cc2)S(C)(=O)=O)C(Cc2ccccc2)C(=O)NC(C)(C)C)c1. The van der Waals surface area contributed by atoms with Gasteiger partial charge in [-0.1, -0.05) is 60.2 Å². The van der Waals surface area contributed by atoms with Gasteiger partial charge in [-0.3, -0.25) is 13.9 Å². The molecule has 0 radical (unpaired) electrons. The van der Waals surface area contributed by atoms with E-state index in [1.807, 2.05) is 94.4 Å². The predicted octanol–water partition coefficient (Wildman–Crippen LogP) is 5.10. The van der Waals surface area contributed by atoms with Crippen LogP contribution in [0, 0.1) is 6.92 Å². The molecule has 3 aromatic carbocycles. The summed E-state index contributed by atoms with van der Waals surface area (Å²) in [6, 6.07) is 23.5. The van der Waals surface area contributed by atoms with Gasteiger partial charge >= 0.3 is 0 Å².